The standard InChI is InChI=1S/C23H23N5O4S/c29-11-12-8-17(20(32)19(12)31)26-21-15(22-27-16-6-1-2-7-18(16)33-22)10-24-23(28-21)25-13-4-3-5-14(30)9-13/h1-7,9-10,12,17,19-20,29-32H,8,11H2,(H2,24,25,26,28). The van der Waals surface area contributed by atoms with Crippen LogP contribution in [0.25, 0.3) is 20.8 Å². The molecule has 0 amide bonds. The van der Waals surface area contributed by atoms with Crippen molar-refractivity contribution in [3.8, 4) is 16.3 Å². The van der Waals surface area contributed by atoms with Gasteiger partial charge < -0.3 is 31.1 Å². The molecule has 2 aromatic heterocycles. The van der Waals surface area contributed by atoms with E-state index in [9.17, 15) is 20.4 Å². The molecule has 0 spiro atoms. The summed E-state index contributed by atoms with van der Waals surface area (Å²) in [7, 11) is 0. The van der Waals surface area contributed by atoms with Gasteiger partial charge in [0.05, 0.1) is 27.9 Å². The van der Waals surface area contributed by atoms with Gasteiger partial charge in [-0.3, -0.25) is 0 Å². The molecule has 33 heavy (non-hydrogen) atoms. The molecule has 0 radical (unpaired) electrons. The van der Waals surface area contributed by atoms with E-state index in [-0.39, 0.29) is 12.4 Å². The predicted octanol–water partition coefficient (Wildman–Crippen LogP) is 2.72. The van der Waals surface area contributed by atoms with Crippen LogP contribution in [-0.2, 0) is 0 Å². The molecule has 9 nitrogen and oxygen atoms in total. The van der Waals surface area contributed by atoms with Gasteiger partial charge in [0.1, 0.15) is 22.7 Å². The SMILES string of the molecule is OCC1CC(Nc2nc(Nc3cccc(O)c3)ncc2-c2nc3ccccc3s2)C(O)C1O. The minimum atomic E-state index is -1.05. The molecular weight excluding hydrogens is 442 g/mol. The third-order valence-electron chi connectivity index (χ3n) is 5.77. The summed E-state index contributed by atoms with van der Waals surface area (Å²) in [5, 5.41) is 47.0. The highest BCUT2D eigenvalue weighted by atomic mass is 32.1. The van der Waals surface area contributed by atoms with Gasteiger partial charge in [0.15, 0.2) is 0 Å². The van der Waals surface area contributed by atoms with Crippen molar-refractivity contribution in [1.82, 2.24) is 15.0 Å². The highest BCUT2D eigenvalue weighted by Gasteiger charge is 2.41. The highest BCUT2D eigenvalue weighted by Crippen LogP contribution is 2.36. The van der Waals surface area contributed by atoms with Crippen molar-refractivity contribution in [2.75, 3.05) is 17.2 Å². The summed E-state index contributed by atoms with van der Waals surface area (Å²) in [6.45, 7) is -0.213. The fourth-order valence-electron chi connectivity index (χ4n) is 4.03. The van der Waals surface area contributed by atoms with Gasteiger partial charge >= 0.3 is 0 Å². The number of aromatic hydroxyl groups is 1. The molecule has 1 fully saturated rings. The number of aliphatic hydroxyl groups is 3. The summed E-state index contributed by atoms with van der Waals surface area (Å²) in [5.41, 5.74) is 2.14. The largest absolute Gasteiger partial charge is 0.508 e. The van der Waals surface area contributed by atoms with Crippen LogP contribution in [0.4, 0.5) is 17.5 Å². The van der Waals surface area contributed by atoms with Gasteiger partial charge in [0.25, 0.3) is 0 Å². The Morgan fingerprint density at radius 3 is 2.64 bits per heavy atom. The third-order valence-corrected chi connectivity index (χ3v) is 6.84. The first kappa shape index (κ1) is 21.5. The topological polar surface area (TPSA) is 144 Å². The van der Waals surface area contributed by atoms with Crippen molar-refractivity contribution >= 4 is 39.0 Å². The van der Waals surface area contributed by atoms with Crippen LogP contribution in [0.3, 0.4) is 0 Å². The average Bonchev–Trinajstić information content (AvgIpc) is 3.35. The summed E-state index contributed by atoms with van der Waals surface area (Å²) in [6, 6.07) is 13.9. The van der Waals surface area contributed by atoms with Crippen LogP contribution in [-0.4, -0.2) is 60.2 Å². The van der Waals surface area contributed by atoms with Crippen molar-refractivity contribution in [2.45, 2.75) is 24.7 Å². The fraction of sp³-hybridized carbons (Fsp3) is 0.261. The molecule has 0 bridgehead atoms. The number of nitrogens with one attached hydrogen (secondary N) is 2. The zero-order chi connectivity index (χ0) is 22.9. The Balaban J connectivity index is 1.52. The number of nitrogens with zero attached hydrogens (tertiary/aromatic N) is 3. The predicted molar refractivity (Wildman–Crippen MR) is 127 cm³/mol. The van der Waals surface area contributed by atoms with Crippen LogP contribution in [0.5, 0.6) is 5.75 Å². The molecule has 2 heterocycles. The normalized spacial score (nSPS) is 22.5. The van der Waals surface area contributed by atoms with Gasteiger partial charge in [-0.2, -0.15) is 4.98 Å². The number of benzene rings is 2. The third kappa shape index (κ3) is 4.33. The monoisotopic (exact) mass is 465 g/mol. The van der Waals surface area contributed by atoms with E-state index < -0.39 is 24.2 Å². The lowest BCUT2D eigenvalue weighted by Crippen LogP contribution is -2.35. The molecular formula is C23H23N5O4S. The van der Waals surface area contributed by atoms with E-state index in [1.54, 1.807) is 30.5 Å². The van der Waals surface area contributed by atoms with E-state index in [1.165, 1.54) is 11.3 Å². The minimum Gasteiger partial charge on any atom is -0.508 e. The number of thiazole rings is 1. The number of para-hydroxylation sites is 1. The quantitative estimate of drug-likeness (QED) is 0.253. The van der Waals surface area contributed by atoms with Gasteiger partial charge in [-0.25, -0.2) is 9.97 Å². The number of fused-ring (bicyclic) bond motifs is 1. The molecule has 10 heteroatoms. The van der Waals surface area contributed by atoms with Crippen molar-refractivity contribution < 1.29 is 20.4 Å². The number of aliphatic hydroxyl groups excluding tert-OH is 3. The first-order chi connectivity index (χ1) is 16.0. The van der Waals surface area contributed by atoms with E-state index in [0.717, 1.165) is 10.2 Å². The molecule has 6 N–H and O–H groups in total. The van der Waals surface area contributed by atoms with E-state index in [0.29, 0.717) is 34.4 Å². The second-order valence-corrected chi connectivity index (χ2v) is 9.06. The second-order valence-electron chi connectivity index (χ2n) is 8.03. The maximum atomic E-state index is 10.5. The van der Waals surface area contributed by atoms with Gasteiger partial charge in [-0.15, -0.1) is 11.3 Å². The Kier molecular flexibility index (Phi) is 5.81. The molecule has 1 aliphatic carbocycles. The number of hydrogen-bond donors (Lipinski definition) is 6. The second kappa shape index (κ2) is 8.91. The van der Waals surface area contributed by atoms with Crippen molar-refractivity contribution in [1.29, 1.82) is 0 Å². The molecule has 5 rings (SSSR count). The number of rotatable bonds is 6. The van der Waals surface area contributed by atoms with Crippen LogP contribution < -0.4 is 10.6 Å². The average molecular weight is 466 g/mol. The van der Waals surface area contributed by atoms with E-state index in [1.807, 2.05) is 24.3 Å². The van der Waals surface area contributed by atoms with Gasteiger partial charge in [-0.1, -0.05) is 18.2 Å². The smallest absolute Gasteiger partial charge is 0.229 e. The Morgan fingerprint density at radius 1 is 1.03 bits per heavy atom. The lowest BCUT2D eigenvalue weighted by molar-refractivity contribution is 0.00446. The van der Waals surface area contributed by atoms with Crippen LogP contribution in [0.2, 0.25) is 0 Å². The molecule has 170 valence electrons. The number of phenols is 1. The Hall–Kier alpha value is -3.31. The van der Waals surface area contributed by atoms with E-state index >= 15 is 0 Å². The number of phenolic OH excluding ortho intramolecular Hbond substituents is 1. The van der Waals surface area contributed by atoms with Crippen LogP contribution >= 0.6 is 11.3 Å². The van der Waals surface area contributed by atoms with Crippen LogP contribution in [0.1, 0.15) is 6.42 Å². The Bertz CT molecular complexity index is 1250. The molecule has 2 aromatic carbocycles. The molecule has 4 unspecified atom stereocenters. The summed E-state index contributed by atoms with van der Waals surface area (Å²) in [6.07, 6.45) is -0.0374. The zero-order valence-electron chi connectivity index (χ0n) is 17.5. The summed E-state index contributed by atoms with van der Waals surface area (Å²) < 4.78 is 1.03. The van der Waals surface area contributed by atoms with Crippen molar-refractivity contribution in [2.24, 2.45) is 5.92 Å². The molecule has 1 aliphatic rings. The fourth-order valence-corrected chi connectivity index (χ4v) is 5.01. The Morgan fingerprint density at radius 2 is 1.88 bits per heavy atom. The number of aromatic nitrogens is 3. The number of hydrogen-bond acceptors (Lipinski definition) is 10. The van der Waals surface area contributed by atoms with Gasteiger partial charge in [0, 0.05) is 30.5 Å². The summed E-state index contributed by atoms with van der Waals surface area (Å²) in [5.74, 6) is 0.430. The maximum Gasteiger partial charge on any atom is 0.229 e. The van der Waals surface area contributed by atoms with Crippen LogP contribution in [0.15, 0.2) is 54.7 Å². The molecule has 0 saturated heterocycles. The lowest BCUT2D eigenvalue weighted by Gasteiger charge is -2.20. The van der Waals surface area contributed by atoms with Crippen molar-refractivity contribution in [3.05, 3.63) is 54.7 Å². The Labute approximate surface area is 193 Å². The van der Waals surface area contributed by atoms with E-state index in [4.69, 9.17) is 4.98 Å². The molecule has 1 saturated carbocycles. The highest BCUT2D eigenvalue weighted by molar-refractivity contribution is 7.21. The first-order valence-electron chi connectivity index (χ1n) is 10.5. The maximum absolute atomic E-state index is 10.5. The lowest BCUT2D eigenvalue weighted by atomic mass is 10.1. The molecule has 4 atom stereocenters. The minimum absolute atomic E-state index is 0.113. The molecule has 0 aliphatic heterocycles. The van der Waals surface area contributed by atoms with Gasteiger partial charge in [0.2, 0.25) is 5.95 Å². The van der Waals surface area contributed by atoms with Gasteiger partial charge in [-0.05, 0) is 30.7 Å². The number of anilines is 3. The van der Waals surface area contributed by atoms with E-state index in [2.05, 4.69) is 20.6 Å². The summed E-state index contributed by atoms with van der Waals surface area (Å²) in [4.78, 5) is 13.7. The van der Waals surface area contributed by atoms with Crippen LogP contribution in [0, 0.1) is 5.92 Å². The first-order valence-corrected chi connectivity index (χ1v) is 11.4. The molecule has 4 aromatic rings. The zero-order valence-corrected chi connectivity index (χ0v) is 18.3. The summed E-state index contributed by atoms with van der Waals surface area (Å²) >= 11 is 1.50. The van der Waals surface area contributed by atoms with Crippen molar-refractivity contribution in [3.63, 3.8) is 0 Å².